The topological polar surface area (TPSA) is 59.2 Å². The Kier molecular flexibility index (Phi) is 3.66. The molecule has 4 nitrogen and oxygen atoms in total. The molecule has 1 aliphatic heterocycles. The zero-order chi connectivity index (χ0) is 14.8. The summed E-state index contributed by atoms with van der Waals surface area (Å²) in [5, 5.41) is 0. The first-order valence-corrected chi connectivity index (χ1v) is 6.90. The summed E-state index contributed by atoms with van der Waals surface area (Å²) in [6.07, 6.45) is 3.25. The van der Waals surface area contributed by atoms with E-state index in [1.165, 1.54) is 17.8 Å². The van der Waals surface area contributed by atoms with E-state index >= 15 is 0 Å². The van der Waals surface area contributed by atoms with E-state index in [-0.39, 0.29) is 17.5 Å². The van der Waals surface area contributed by atoms with Gasteiger partial charge in [-0.15, -0.1) is 0 Å². The van der Waals surface area contributed by atoms with Crippen LogP contribution < -0.4 is 5.73 Å². The van der Waals surface area contributed by atoms with Crippen LogP contribution in [0.15, 0.2) is 42.7 Å². The van der Waals surface area contributed by atoms with Crippen LogP contribution in [0.4, 0.5) is 4.39 Å². The molecule has 0 fully saturated rings. The Hall–Kier alpha value is -2.27. The molecule has 1 aliphatic rings. The number of rotatable bonds is 2. The van der Waals surface area contributed by atoms with Crippen molar-refractivity contribution in [1.29, 1.82) is 0 Å². The molecule has 3 rings (SSSR count). The van der Waals surface area contributed by atoms with Gasteiger partial charge < -0.3 is 10.6 Å². The van der Waals surface area contributed by atoms with Crippen molar-refractivity contribution in [3.63, 3.8) is 0 Å². The van der Waals surface area contributed by atoms with Crippen LogP contribution in [-0.2, 0) is 6.42 Å². The van der Waals surface area contributed by atoms with Crippen LogP contribution in [0.3, 0.4) is 0 Å². The van der Waals surface area contributed by atoms with Gasteiger partial charge >= 0.3 is 0 Å². The Morgan fingerprint density at radius 3 is 2.95 bits per heavy atom. The van der Waals surface area contributed by atoms with Gasteiger partial charge in [-0.2, -0.15) is 0 Å². The van der Waals surface area contributed by atoms with Gasteiger partial charge in [0.2, 0.25) is 0 Å². The van der Waals surface area contributed by atoms with Gasteiger partial charge in [0, 0.05) is 19.3 Å². The van der Waals surface area contributed by atoms with Crippen LogP contribution in [0.1, 0.15) is 27.5 Å². The van der Waals surface area contributed by atoms with Crippen molar-refractivity contribution < 1.29 is 9.18 Å². The number of carbonyl (C=O) groups is 1. The van der Waals surface area contributed by atoms with Gasteiger partial charge in [0.1, 0.15) is 5.82 Å². The van der Waals surface area contributed by atoms with Gasteiger partial charge in [-0.05, 0) is 23.6 Å². The van der Waals surface area contributed by atoms with Crippen molar-refractivity contribution in [3.8, 4) is 0 Å². The van der Waals surface area contributed by atoms with Crippen molar-refractivity contribution >= 4 is 5.91 Å². The number of hydrogen-bond donors (Lipinski definition) is 1. The normalized spacial score (nSPS) is 17.4. The average molecular weight is 285 g/mol. The highest BCUT2D eigenvalue weighted by molar-refractivity contribution is 5.94. The average Bonchev–Trinajstić information content (AvgIpc) is 2.53. The van der Waals surface area contributed by atoms with Crippen molar-refractivity contribution in [1.82, 2.24) is 9.88 Å². The highest BCUT2D eigenvalue weighted by Crippen LogP contribution is 2.30. The predicted octanol–water partition coefficient (Wildman–Crippen LogP) is 1.92. The molecule has 2 heterocycles. The molecule has 0 saturated heterocycles. The van der Waals surface area contributed by atoms with E-state index in [9.17, 15) is 9.18 Å². The van der Waals surface area contributed by atoms with Gasteiger partial charge in [-0.3, -0.25) is 9.78 Å². The minimum Gasteiger partial charge on any atom is -0.330 e. The van der Waals surface area contributed by atoms with Crippen LogP contribution in [0, 0.1) is 5.82 Å². The van der Waals surface area contributed by atoms with Crippen molar-refractivity contribution in [2.24, 2.45) is 5.73 Å². The maximum atomic E-state index is 13.3. The Balaban J connectivity index is 1.94. The first-order valence-electron chi connectivity index (χ1n) is 6.90. The van der Waals surface area contributed by atoms with Gasteiger partial charge in [0.15, 0.2) is 0 Å². The lowest BCUT2D eigenvalue weighted by atomic mass is 9.92. The fourth-order valence-corrected chi connectivity index (χ4v) is 2.84. The molecule has 2 N–H and O–H groups in total. The van der Waals surface area contributed by atoms with E-state index in [4.69, 9.17) is 5.73 Å². The van der Waals surface area contributed by atoms with E-state index in [2.05, 4.69) is 11.1 Å². The summed E-state index contributed by atoms with van der Waals surface area (Å²) in [5.74, 6) is -0.741. The third-order valence-corrected chi connectivity index (χ3v) is 3.85. The minimum absolute atomic E-state index is 0.175. The van der Waals surface area contributed by atoms with Gasteiger partial charge in [-0.1, -0.05) is 24.3 Å². The number of nitrogens with zero attached hydrogens (tertiary/aromatic N) is 2. The van der Waals surface area contributed by atoms with Gasteiger partial charge in [0.05, 0.1) is 17.8 Å². The molecule has 21 heavy (non-hydrogen) atoms. The summed E-state index contributed by atoms with van der Waals surface area (Å²) < 4.78 is 13.3. The molecule has 0 bridgehead atoms. The largest absolute Gasteiger partial charge is 0.330 e. The number of benzene rings is 1. The summed E-state index contributed by atoms with van der Waals surface area (Å²) >= 11 is 0. The Bertz CT molecular complexity index is 674. The molecule has 1 atom stereocenters. The summed E-state index contributed by atoms with van der Waals surface area (Å²) in [4.78, 5) is 18.0. The monoisotopic (exact) mass is 285 g/mol. The first kappa shape index (κ1) is 13.7. The molecule has 0 spiro atoms. The van der Waals surface area contributed by atoms with Gasteiger partial charge in [-0.25, -0.2) is 4.39 Å². The molecule has 0 saturated carbocycles. The molecule has 1 amide bonds. The van der Waals surface area contributed by atoms with Crippen LogP contribution in [0.25, 0.3) is 0 Å². The van der Waals surface area contributed by atoms with E-state index < -0.39 is 5.82 Å². The third kappa shape index (κ3) is 2.52. The van der Waals surface area contributed by atoms with E-state index in [0.29, 0.717) is 13.1 Å². The standard InChI is InChI=1S/C16H16FN3O/c17-13-7-12(9-19-10-13)16(21)20-6-5-11-3-1-2-4-14(11)15(20)8-18/h1-4,7,9-10,15H,5-6,8,18H2. The van der Waals surface area contributed by atoms with Crippen molar-refractivity contribution in [3.05, 3.63) is 65.2 Å². The van der Waals surface area contributed by atoms with Crippen LogP contribution in [-0.4, -0.2) is 28.9 Å². The Morgan fingerprint density at radius 2 is 2.19 bits per heavy atom. The van der Waals surface area contributed by atoms with E-state index in [0.717, 1.165) is 18.2 Å². The van der Waals surface area contributed by atoms with Crippen LogP contribution in [0.5, 0.6) is 0 Å². The number of pyridine rings is 1. The molecule has 2 aromatic rings. The summed E-state index contributed by atoms with van der Waals surface area (Å²) in [7, 11) is 0. The number of halogens is 1. The second-order valence-corrected chi connectivity index (χ2v) is 5.09. The molecule has 0 radical (unpaired) electrons. The predicted molar refractivity (Wildman–Crippen MR) is 77.2 cm³/mol. The fraction of sp³-hybridized carbons (Fsp3) is 0.250. The van der Waals surface area contributed by atoms with Crippen LogP contribution >= 0.6 is 0 Å². The lowest BCUT2D eigenvalue weighted by molar-refractivity contribution is 0.0667. The fourth-order valence-electron chi connectivity index (χ4n) is 2.84. The number of carbonyl (C=O) groups excluding carboxylic acids is 1. The SMILES string of the molecule is NCC1c2ccccc2CCN1C(=O)c1cncc(F)c1. The number of aromatic nitrogens is 1. The third-order valence-electron chi connectivity index (χ3n) is 3.85. The summed E-state index contributed by atoms with van der Waals surface area (Å²) in [6, 6.07) is 9.02. The molecular weight excluding hydrogens is 269 g/mol. The van der Waals surface area contributed by atoms with Crippen molar-refractivity contribution in [2.45, 2.75) is 12.5 Å². The summed E-state index contributed by atoms with van der Waals surface area (Å²) in [6.45, 7) is 0.916. The second kappa shape index (κ2) is 5.61. The van der Waals surface area contributed by atoms with E-state index in [1.807, 2.05) is 18.2 Å². The second-order valence-electron chi connectivity index (χ2n) is 5.09. The van der Waals surface area contributed by atoms with Crippen molar-refractivity contribution in [2.75, 3.05) is 13.1 Å². The number of fused-ring (bicyclic) bond motifs is 1. The summed E-state index contributed by atoms with van der Waals surface area (Å²) in [5.41, 5.74) is 8.42. The molecule has 1 aromatic heterocycles. The zero-order valence-electron chi connectivity index (χ0n) is 11.5. The molecule has 5 heteroatoms. The zero-order valence-corrected chi connectivity index (χ0v) is 11.5. The molecule has 1 aromatic carbocycles. The lowest BCUT2D eigenvalue weighted by Gasteiger charge is -2.36. The lowest BCUT2D eigenvalue weighted by Crippen LogP contribution is -2.43. The maximum absolute atomic E-state index is 13.3. The molecule has 0 aliphatic carbocycles. The molecular formula is C16H16FN3O. The molecule has 108 valence electrons. The number of amides is 1. The van der Waals surface area contributed by atoms with Gasteiger partial charge in [0.25, 0.3) is 5.91 Å². The number of hydrogen-bond acceptors (Lipinski definition) is 3. The van der Waals surface area contributed by atoms with E-state index in [1.54, 1.807) is 4.90 Å². The maximum Gasteiger partial charge on any atom is 0.256 e. The van der Waals surface area contributed by atoms with Crippen LogP contribution in [0.2, 0.25) is 0 Å². The highest BCUT2D eigenvalue weighted by Gasteiger charge is 2.30. The first-order chi connectivity index (χ1) is 10.2. The Labute approximate surface area is 122 Å². The smallest absolute Gasteiger partial charge is 0.256 e. The minimum atomic E-state index is -0.512. The highest BCUT2D eigenvalue weighted by atomic mass is 19.1. The molecule has 1 unspecified atom stereocenters. The number of nitrogens with two attached hydrogens (primary N) is 1. The Morgan fingerprint density at radius 1 is 1.38 bits per heavy atom. The quantitative estimate of drug-likeness (QED) is 0.917.